The maximum absolute atomic E-state index is 14.1. The summed E-state index contributed by atoms with van der Waals surface area (Å²) >= 11 is 7.40. The Balaban J connectivity index is 1.64. The Labute approximate surface area is 180 Å². The number of nitrogens with zero attached hydrogens (tertiary/aromatic N) is 3. The molecule has 0 saturated carbocycles. The molecule has 2 aromatic carbocycles. The molecule has 0 aliphatic carbocycles. The Bertz CT molecular complexity index is 1200. The standard InChI is InChI=1S/C21H16ClFN4O2S/c1-12-24-10-18(26-20(28)19-15(22)4-3-5-16(19)23)27(12)21-25-17(11-30-21)13-6-8-14(29-2)9-7-13/h3-11H,1-2H3,(H,26,28). The number of benzene rings is 2. The number of aromatic nitrogens is 3. The second-order valence-corrected chi connectivity index (χ2v) is 7.56. The largest absolute Gasteiger partial charge is 0.497 e. The van der Waals surface area contributed by atoms with Crippen molar-refractivity contribution in [2.75, 3.05) is 12.4 Å². The molecule has 30 heavy (non-hydrogen) atoms. The molecule has 0 aliphatic rings. The van der Waals surface area contributed by atoms with Gasteiger partial charge in [0.1, 0.15) is 23.2 Å². The van der Waals surface area contributed by atoms with Crippen LogP contribution in [0.2, 0.25) is 5.02 Å². The fourth-order valence-corrected chi connectivity index (χ4v) is 4.07. The van der Waals surface area contributed by atoms with Gasteiger partial charge in [-0.25, -0.2) is 14.4 Å². The maximum atomic E-state index is 14.1. The molecule has 0 saturated heterocycles. The molecule has 1 N–H and O–H groups in total. The molecule has 2 heterocycles. The van der Waals surface area contributed by atoms with Crippen molar-refractivity contribution < 1.29 is 13.9 Å². The van der Waals surface area contributed by atoms with Gasteiger partial charge in [-0.1, -0.05) is 17.7 Å². The van der Waals surface area contributed by atoms with Crippen LogP contribution in [0, 0.1) is 12.7 Å². The third-order valence-corrected chi connectivity index (χ3v) is 5.58. The molecule has 0 unspecified atom stereocenters. The molecule has 2 aromatic heterocycles. The highest BCUT2D eigenvalue weighted by Gasteiger charge is 2.20. The average molecular weight is 443 g/mol. The monoisotopic (exact) mass is 442 g/mol. The molecule has 0 fully saturated rings. The van der Waals surface area contributed by atoms with Crippen molar-refractivity contribution in [2.24, 2.45) is 0 Å². The lowest BCUT2D eigenvalue weighted by Gasteiger charge is -2.10. The molecule has 9 heteroatoms. The number of nitrogens with one attached hydrogen (secondary N) is 1. The van der Waals surface area contributed by atoms with E-state index in [9.17, 15) is 9.18 Å². The van der Waals surface area contributed by atoms with Crippen molar-refractivity contribution in [2.45, 2.75) is 6.92 Å². The van der Waals surface area contributed by atoms with Gasteiger partial charge >= 0.3 is 0 Å². The van der Waals surface area contributed by atoms with Crippen LogP contribution >= 0.6 is 22.9 Å². The lowest BCUT2D eigenvalue weighted by atomic mass is 10.2. The minimum absolute atomic E-state index is 0.0336. The van der Waals surface area contributed by atoms with E-state index in [4.69, 9.17) is 16.3 Å². The highest BCUT2D eigenvalue weighted by atomic mass is 35.5. The zero-order valence-corrected chi connectivity index (χ0v) is 17.6. The second kappa shape index (κ2) is 8.25. The minimum atomic E-state index is -0.696. The SMILES string of the molecule is COc1ccc(-c2csc(-n3c(NC(=O)c4c(F)cccc4Cl)cnc3C)n2)cc1. The summed E-state index contributed by atoms with van der Waals surface area (Å²) in [4.78, 5) is 21.6. The van der Waals surface area contributed by atoms with Gasteiger partial charge in [0.2, 0.25) is 0 Å². The van der Waals surface area contributed by atoms with Crippen LogP contribution in [-0.4, -0.2) is 27.6 Å². The summed E-state index contributed by atoms with van der Waals surface area (Å²) in [5.41, 5.74) is 1.49. The fourth-order valence-electron chi connectivity index (χ4n) is 2.93. The number of ether oxygens (including phenoxy) is 1. The van der Waals surface area contributed by atoms with Crippen molar-refractivity contribution in [3.8, 4) is 22.1 Å². The van der Waals surface area contributed by atoms with E-state index in [-0.39, 0.29) is 10.6 Å². The summed E-state index contributed by atoms with van der Waals surface area (Å²) in [6.45, 7) is 1.79. The predicted octanol–water partition coefficient (Wildman–Crippen LogP) is 5.36. The molecule has 4 rings (SSSR count). The van der Waals surface area contributed by atoms with Crippen LogP contribution in [0.25, 0.3) is 16.4 Å². The van der Waals surface area contributed by atoms with Crippen LogP contribution in [-0.2, 0) is 0 Å². The number of amides is 1. The van der Waals surface area contributed by atoms with Gasteiger partial charge in [0.05, 0.1) is 29.6 Å². The lowest BCUT2D eigenvalue weighted by molar-refractivity contribution is 0.102. The lowest BCUT2D eigenvalue weighted by Crippen LogP contribution is -2.17. The van der Waals surface area contributed by atoms with Crippen LogP contribution in [0.5, 0.6) is 5.75 Å². The number of thiazole rings is 1. The molecule has 0 atom stereocenters. The summed E-state index contributed by atoms with van der Waals surface area (Å²) in [6.07, 6.45) is 1.50. The first-order valence-corrected chi connectivity index (χ1v) is 10.1. The number of hydrogen-bond donors (Lipinski definition) is 1. The molecule has 0 aliphatic heterocycles. The Morgan fingerprint density at radius 3 is 2.70 bits per heavy atom. The first-order chi connectivity index (χ1) is 14.5. The number of imidazole rings is 1. The van der Waals surface area contributed by atoms with Gasteiger partial charge in [-0.15, -0.1) is 11.3 Å². The van der Waals surface area contributed by atoms with Gasteiger partial charge in [-0.05, 0) is 43.3 Å². The highest BCUT2D eigenvalue weighted by Crippen LogP contribution is 2.29. The van der Waals surface area contributed by atoms with E-state index in [1.807, 2.05) is 29.6 Å². The van der Waals surface area contributed by atoms with Gasteiger partial charge in [0.25, 0.3) is 5.91 Å². The topological polar surface area (TPSA) is 69.0 Å². The summed E-state index contributed by atoms with van der Waals surface area (Å²) in [5.74, 6) is 0.398. The molecule has 0 radical (unpaired) electrons. The van der Waals surface area contributed by atoms with Crippen LogP contribution in [0.15, 0.2) is 54.0 Å². The van der Waals surface area contributed by atoms with E-state index < -0.39 is 11.7 Å². The summed E-state index contributed by atoms with van der Waals surface area (Å²) in [5, 5.41) is 5.24. The van der Waals surface area contributed by atoms with Gasteiger partial charge in [0.15, 0.2) is 5.13 Å². The van der Waals surface area contributed by atoms with Gasteiger partial charge < -0.3 is 10.1 Å². The quantitative estimate of drug-likeness (QED) is 0.452. The predicted molar refractivity (Wildman–Crippen MR) is 115 cm³/mol. The Morgan fingerprint density at radius 2 is 2.00 bits per heavy atom. The van der Waals surface area contributed by atoms with Crippen molar-refractivity contribution in [1.82, 2.24) is 14.5 Å². The minimum Gasteiger partial charge on any atom is -0.497 e. The third kappa shape index (κ3) is 3.79. The van der Waals surface area contributed by atoms with E-state index in [1.165, 1.54) is 35.7 Å². The van der Waals surface area contributed by atoms with E-state index in [0.29, 0.717) is 16.8 Å². The van der Waals surface area contributed by atoms with E-state index in [2.05, 4.69) is 15.3 Å². The molecule has 0 spiro atoms. The first-order valence-electron chi connectivity index (χ1n) is 8.88. The van der Waals surface area contributed by atoms with Crippen molar-refractivity contribution >= 4 is 34.7 Å². The Morgan fingerprint density at radius 1 is 1.23 bits per heavy atom. The first kappa shape index (κ1) is 20.1. The Hall–Kier alpha value is -3.23. The number of methoxy groups -OCH3 is 1. The van der Waals surface area contributed by atoms with Crippen LogP contribution in [0.1, 0.15) is 16.2 Å². The van der Waals surface area contributed by atoms with Gasteiger partial charge in [-0.2, -0.15) is 0 Å². The molecule has 4 aromatic rings. The maximum Gasteiger partial charge on any atom is 0.261 e. The number of halogens is 2. The normalized spacial score (nSPS) is 10.8. The van der Waals surface area contributed by atoms with Gasteiger partial charge in [-0.3, -0.25) is 9.36 Å². The van der Waals surface area contributed by atoms with E-state index in [1.54, 1.807) is 18.6 Å². The average Bonchev–Trinajstić information content (AvgIpc) is 3.34. The van der Waals surface area contributed by atoms with Crippen LogP contribution in [0.4, 0.5) is 10.2 Å². The van der Waals surface area contributed by atoms with E-state index >= 15 is 0 Å². The molecule has 0 bridgehead atoms. The summed E-state index contributed by atoms with van der Waals surface area (Å²) < 4.78 is 21.0. The Kier molecular flexibility index (Phi) is 5.52. The van der Waals surface area contributed by atoms with Crippen molar-refractivity contribution in [3.63, 3.8) is 0 Å². The van der Waals surface area contributed by atoms with Crippen molar-refractivity contribution in [3.05, 3.63) is 76.3 Å². The second-order valence-electron chi connectivity index (χ2n) is 6.32. The number of carbonyl (C=O) groups excluding carboxylic acids is 1. The van der Waals surface area contributed by atoms with E-state index in [0.717, 1.165) is 17.0 Å². The van der Waals surface area contributed by atoms with Crippen LogP contribution in [0.3, 0.4) is 0 Å². The molecular formula is C21H16ClFN4O2S. The molecular weight excluding hydrogens is 427 g/mol. The summed E-state index contributed by atoms with van der Waals surface area (Å²) in [7, 11) is 1.61. The zero-order chi connectivity index (χ0) is 21.3. The number of rotatable bonds is 5. The summed E-state index contributed by atoms with van der Waals surface area (Å²) in [6, 6.07) is 11.7. The molecule has 152 valence electrons. The zero-order valence-electron chi connectivity index (χ0n) is 16.0. The van der Waals surface area contributed by atoms with Gasteiger partial charge in [0, 0.05) is 10.9 Å². The number of hydrogen-bond acceptors (Lipinski definition) is 5. The smallest absolute Gasteiger partial charge is 0.261 e. The number of carbonyl (C=O) groups is 1. The fraction of sp³-hybridized carbons (Fsp3) is 0.0952. The molecule has 1 amide bonds. The molecule has 6 nitrogen and oxygen atoms in total. The number of aryl methyl sites for hydroxylation is 1. The third-order valence-electron chi connectivity index (χ3n) is 4.44. The van der Waals surface area contributed by atoms with Crippen LogP contribution < -0.4 is 10.1 Å². The number of anilines is 1. The highest BCUT2D eigenvalue weighted by molar-refractivity contribution is 7.12. The van der Waals surface area contributed by atoms with Crippen molar-refractivity contribution in [1.29, 1.82) is 0 Å².